The zero-order chi connectivity index (χ0) is 17.9. The highest BCUT2D eigenvalue weighted by atomic mass is 16.2. The number of carbonyl (C=O) groups is 1. The Labute approximate surface area is 152 Å². The molecule has 3 aromatic heterocycles. The molecular formula is C20H21N5O. The molecule has 1 fully saturated rings. The van der Waals surface area contributed by atoms with E-state index in [1.54, 1.807) is 18.6 Å². The highest BCUT2D eigenvalue weighted by Gasteiger charge is 2.26. The summed E-state index contributed by atoms with van der Waals surface area (Å²) in [6.07, 6.45) is 7.08. The number of piperidine rings is 1. The summed E-state index contributed by atoms with van der Waals surface area (Å²) >= 11 is 0. The van der Waals surface area contributed by atoms with Gasteiger partial charge in [-0.1, -0.05) is 0 Å². The zero-order valence-corrected chi connectivity index (χ0v) is 14.7. The number of pyridine rings is 2. The van der Waals surface area contributed by atoms with E-state index in [1.165, 1.54) is 0 Å². The van der Waals surface area contributed by atoms with Crippen LogP contribution in [-0.4, -0.2) is 44.1 Å². The molecule has 1 N–H and O–H groups in total. The van der Waals surface area contributed by atoms with Crippen molar-refractivity contribution in [1.82, 2.24) is 25.1 Å². The van der Waals surface area contributed by atoms with E-state index in [0.717, 1.165) is 48.6 Å². The molecule has 1 amide bonds. The maximum atomic E-state index is 12.6. The number of hydrogen-bond donors (Lipinski definition) is 1. The number of aryl methyl sites for hydroxylation is 1. The molecule has 6 heteroatoms. The Bertz CT molecular complexity index is 880. The maximum absolute atomic E-state index is 12.6. The maximum Gasteiger partial charge on any atom is 0.255 e. The number of likely N-dealkylation sites (tertiary alicyclic amines) is 1. The van der Waals surface area contributed by atoms with E-state index in [0.29, 0.717) is 11.5 Å². The first-order valence-electron chi connectivity index (χ1n) is 8.88. The van der Waals surface area contributed by atoms with Crippen LogP contribution in [0.15, 0.2) is 48.9 Å². The lowest BCUT2D eigenvalue weighted by Crippen LogP contribution is -2.38. The van der Waals surface area contributed by atoms with E-state index in [-0.39, 0.29) is 5.91 Å². The zero-order valence-electron chi connectivity index (χ0n) is 14.7. The molecule has 1 saturated heterocycles. The highest BCUT2D eigenvalue weighted by molar-refractivity contribution is 5.94. The summed E-state index contributed by atoms with van der Waals surface area (Å²) in [5.74, 6) is 0.469. The van der Waals surface area contributed by atoms with Crippen LogP contribution in [0, 0.1) is 6.92 Å². The number of hydrogen-bond acceptors (Lipinski definition) is 4. The van der Waals surface area contributed by atoms with Crippen molar-refractivity contribution in [3.8, 4) is 11.3 Å². The van der Waals surface area contributed by atoms with Crippen LogP contribution < -0.4 is 0 Å². The number of amides is 1. The van der Waals surface area contributed by atoms with Gasteiger partial charge in [-0.15, -0.1) is 0 Å². The molecule has 0 spiro atoms. The van der Waals surface area contributed by atoms with Gasteiger partial charge in [0.1, 0.15) is 0 Å². The average molecular weight is 347 g/mol. The van der Waals surface area contributed by atoms with E-state index < -0.39 is 0 Å². The van der Waals surface area contributed by atoms with Crippen molar-refractivity contribution in [3.05, 3.63) is 65.9 Å². The molecule has 6 nitrogen and oxygen atoms in total. The summed E-state index contributed by atoms with van der Waals surface area (Å²) < 4.78 is 0. The van der Waals surface area contributed by atoms with Crippen molar-refractivity contribution in [3.63, 3.8) is 0 Å². The predicted molar refractivity (Wildman–Crippen MR) is 98.7 cm³/mol. The molecule has 4 heterocycles. The van der Waals surface area contributed by atoms with Crippen LogP contribution in [-0.2, 0) is 0 Å². The molecule has 0 unspecified atom stereocenters. The second-order valence-corrected chi connectivity index (χ2v) is 6.70. The number of rotatable bonds is 3. The Morgan fingerprint density at radius 1 is 1.15 bits per heavy atom. The molecule has 0 saturated carbocycles. The average Bonchev–Trinajstić information content (AvgIpc) is 3.19. The fourth-order valence-corrected chi connectivity index (χ4v) is 3.39. The Balaban J connectivity index is 1.40. The first kappa shape index (κ1) is 16.4. The van der Waals surface area contributed by atoms with Crippen LogP contribution in [0.25, 0.3) is 11.3 Å². The molecular weight excluding hydrogens is 326 g/mol. The SMILES string of the molecule is Cc1ccc(C(=O)N2CCC(c3cc(-c4ccncc4)n[nH]3)CC2)cn1. The van der Waals surface area contributed by atoms with Crippen LogP contribution >= 0.6 is 0 Å². The molecule has 3 aromatic rings. The normalized spacial score (nSPS) is 15.2. The van der Waals surface area contributed by atoms with Crippen molar-refractivity contribution in [2.24, 2.45) is 0 Å². The standard InChI is InChI=1S/C20H21N5O/c1-14-2-3-17(13-22-14)20(26)25-10-6-16(7-11-25)19-12-18(23-24-19)15-4-8-21-9-5-15/h2-5,8-9,12-13,16H,6-7,10-11H2,1H3,(H,23,24). The van der Waals surface area contributed by atoms with Gasteiger partial charge in [-0.05, 0) is 50.1 Å². The third-order valence-corrected chi connectivity index (χ3v) is 4.95. The largest absolute Gasteiger partial charge is 0.339 e. The lowest BCUT2D eigenvalue weighted by Gasteiger charge is -2.31. The van der Waals surface area contributed by atoms with Crippen LogP contribution in [0.3, 0.4) is 0 Å². The Morgan fingerprint density at radius 2 is 1.92 bits per heavy atom. The van der Waals surface area contributed by atoms with Crippen LogP contribution in [0.1, 0.15) is 40.5 Å². The van der Waals surface area contributed by atoms with Crippen LogP contribution in [0.4, 0.5) is 0 Å². The summed E-state index contributed by atoms with van der Waals surface area (Å²) in [7, 11) is 0. The van der Waals surface area contributed by atoms with Gasteiger partial charge in [-0.25, -0.2) is 0 Å². The fraction of sp³-hybridized carbons (Fsp3) is 0.300. The van der Waals surface area contributed by atoms with Gasteiger partial charge in [0.15, 0.2) is 0 Å². The summed E-state index contributed by atoms with van der Waals surface area (Å²) in [5, 5.41) is 7.60. The third kappa shape index (κ3) is 3.35. The minimum absolute atomic E-state index is 0.0676. The second kappa shape index (κ2) is 7.07. The van der Waals surface area contributed by atoms with Gasteiger partial charge in [-0.3, -0.25) is 19.9 Å². The molecule has 4 rings (SSSR count). The Hall–Kier alpha value is -3.02. The van der Waals surface area contributed by atoms with Gasteiger partial charge in [0.05, 0.1) is 11.3 Å². The van der Waals surface area contributed by atoms with Gasteiger partial charge < -0.3 is 4.90 Å². The van der Waals surface area contributed by atoms with Gasteiger partial charge in [0.2, 0.25) is 0 Å². The van der Waals surface area contributed by atoms with Crippen molar-refractivity contribution in [2.45, 2.75) is 25.7 Å². The number of nitrogens with one attached hydrogen (secondary N) is 1. The van der Waals surface area contributed by atoms with Gasteiger partial charge >= 0.3 is 0 Å². The van der Waals surface area contributed by atoms with Gasteiger partial charge in [-0.2, -0.15) is 5.10 Å². The number of aromatic nitrogens is 4. The van der Waals surface area contributed by atoms with Crippen molar-refractivity contribution in [1.29, 1.82) is 0 Å². The van der Waals surface area contributed by atoms with E-state index in [9.17, 15) is 4.79 Å². The summed E-state index contributed by atoms with van der Waals surface area (Å²) in [6, 6.07) is 9.76. The molecule has 132 valence electrons. The van der Waals surface area contributed by atoms with Crippen LogP contribution in [0.5, 0.6) is 0 Å². The smallest absolute Gasteiger partial charge is 0.255 e. The summed E-state index contributed by atoms with van der Waals surface area (Å²) in [5.41, 5.74) is 4.72. The molecule has 0 atom stereocenters. The molecule has 0 aliphatic carbocycles. The van der Waals surface area contributed by atoms with E-state index in [2.05, 4.69) is 26.2 Å². The predicted octanol–water partition coefficient (Wildman–Crippen LogP) is 3.19. The van der Waals surface area contributed by atoms with E-state index >= 15 is 0 Å². The minimum Gasteiger partial charge on any atom is -0.339 e. The highest BCUT2D eigenvalue weighted by Crippen LogP contribution is 2.29. The van der Waals surface area contributed by atoms with Crippen molar-refractivity contribution in [2.75, 3.05) is 13.1 Å². The van der Waals surface area contributed by atoms with E-state index in [1.807, 2.05) is 36.1 Å². The number of aromatic amines is 1. The van der Waals surface area contributed by atoms with Crippen LogP contribution in [0.2, 0.25) is 0 Å². The lowest BCUT2D eigenvalue weighted by atomic mass is 9.93. The molecule has 26 heavy (non-hydrogen) atoms. The molecule has 0 aromatic carbocycles. The summed E-state index contributed by atoms with van der Waals surface area (Å²) in [6.45, 7) is 3.42. The third-order valence-electron chi connectivity index (χ3n) is 4.95. The van der Waals surface area contributed by atoms with E-state index in [4.69, 9.17) is 0 Å². The van der Waals surface area contributed by atoms with Gasteiger partial charge in [0.25, 0.3) is 5.91 Å². The Kier molecular flexibility index (Phi) is 4.48. The molecule has 1 aliphatic rings. The second-order valence-electron chi connectivity index (χ2n) is 6.70. The molecule has 1 aliphatic heterocycles. The molecule has 0 radical (unpaired) electrons. The number of carbonyl (C=O) groups excluding carboxylic acids is 1. The first-order valence-corrected chi connectivity index (χ1v) is 8.88. The minimum atomic E-state index is 0.0676. The van der Waals surface area contributed by atoms with Gasteiger partial charge in [0, 0.05) is 54.5 Å². The van der Waals surface area contributed by atoms with Crippen molar-refractivity contribution >= 4 is 5.91 Å². The monoisotopic (exact) mass is 347 g/mol. The van der Waals surface area contributed by atoms with Crippen molar-refractivity contribution < 1.29 is 4.79 Å². The summed E-state index contributed by atoms with van der Waals surface area (Å²) in [4.78, 5) is 22.8. The number of nitrogens with zero attached hydrogens (tertiary/aromatic N) is 4. The number of H-pyrrole nitrogens is 1. The topological polar surface area (TPSA) is 74.8 Å². The lowest BCUT2D eigenvalue weighted by molar-refractivity contribution is 0.0711. The fourth-order valence-electron chi connectivity index (χ4n) is 3.39. The molecule has 0 bridgehead atoms. The Morgan fingerprint density at radius 3 is 2.62 bits per heavy atom. The first-order chi connectivity index (χ1) is 12.7. The quantitative estimate of drug-likeness (QED) is 0.789.